The molecule has 0 unspecified atom stereocenters. The van der Waals surface area contributed by atoms with Gasteiger partial charge < -0.3 is 4.43 Å². The van der Waals surface area contributed by atoms with E-state index in [9.17, 15) is 4.79 Å². The van der Waals surface area contributed by atoms with Crippen LogP contribution in [-0.4, -0.2) is 20.2 Å². The average Bonchev–Trinajstić information content (AvgIpc) is 2.97. The van der Waals surface area contributed by atoms with Gasteiger partial charge in [-0.2, -0.15) is 0 Å². The minimum Gasteiger partial charge on any atom is -0.413 e. The summed E-state index contributed by atoms with van der Waals surface area (Å²) in [5.41, 5.74) is 0. The maximum absolute atomic E-state index is 13.3. The van der Waals surface area contributed by atoms with Gasteiger partial charge in [-0.15, -0.1) is 0 Å². The summed E-state index contributed by atoms with van der Waals surface area (Å²) in [6.07, 6.45) is 20.5. The number of carbonyl (C=O) groups is 1. The molecule has 184 valence electrons. The average molecular weight is 453 g/mol. The van der Waals surface area contributed by atoms with Gasteiger partial charge >= 0.3 is 0 Å². The third kappa shape index (κ3) is 10.5. The highest BCUT2D eigenvalue weighted by atomic mass is 28.4. The number of Topliss-reactive ketones (excluding diaryl/α,β-unsaturated/α-hetero) is 1. The van der Waals surface area contributed by atoms with Crippen molar-refractivity contribution in [2.75, 3.05) is 0 Å². The molecule has 1 aliphatic carbocycles. The quantitative estimate of drug-likeness (QED) is 0.162. The van der Waals surface area contributed by atoms with Crippen molar-refractivity contribution in [3.63, 3.8) is 0 Å². The van der Waals surface area contributed by atoms with E-state index in [0.29, 0.717) is 5.78 Å². The van der Waals surface area contributed by atoms with E-state index in [1.807, 2.05) is 0 Å². The van der Waals surface area contributed by atoms with Crippen LogP contribution in [0.15, 0.2) is 0 Å². The molecule has 0 N–H and O–H groups in total. The second kappa shape index (κ2) is 14.9. The first-order chi connectivity index (χ1) is 14.6. The van der Waals surface area contributed by atoms with Gasteiger partial charge in [-0.1, -0.05) is 118 Å². The molecule has 1 aliphatic rings. The predicted octanol–water partition coefficient (Wildman–Crippen LogP) is 9.47. The van der Waals surface area contributed by atoms with E-state index in [0.717, 1.165) is 19.3 Å². The number of ketones is 1. The molecule has 0 bridgehead atoms. The summed E-state index contributed by atoms with van der Waals surface area (Å²) < 4.78 is 6.84. The Morgan fingerprint density at radius 2 is 1.23 bits per heavy atom. The molecule has 0 aromatic rings. The molecule has 1 fully saturated rings. The minimum absolute atomic E-state index is 0.162. The maximum Gasteiger partial charge on any atom is 0.192 e. The normalized spacial score (nSPS) is 22.4. The van der Waals surface area contributed by atoms with Crippen molar-refractivity contribution in [2.45, 2.75) is 162 Å². The summed E-state index contributed by atoms with van der Waals surface area (Å²) in [4.78, 5) is 13.3. The van der Waals surface area contributed by atoms with Crippen molar-refractivity contribution in [3.05, 3.63) is 0 Å². The molecule has 2 nitrogen and oxygen atoms in total. The highest BCUT2D eigenvalue weighted by Crippen LogP contribution is 2.43. The van der Waals surface area contributed by atoms with Gasteiger partial charge in [0, 0.05) is 11.8 Å². The smallest absolute Gasteiger partial charge is 0.192 e. The molecular formula is C28H56O2Si. The number of hydrogen-bond donors (Lipinski definition) is 0. The van der Waals surface area contributed by atoms with Gasteiger partial charge in [0.25, 0.3) is 0 Å². The van der Waals surface area contributed by atoms with Crippen molar-refractivity contribution in [3.8, 4) is 0 Å². The highest BCUT2D eigenvalue weighted by molar-refractivity contribution is 6.74. The van der Waals surface area contributed by atoms with Crippen LogP contribution < -0.4 is 0 Å². The fourth-order valence-electron chi connectivity index (χ4n) is 4.81. The SMILES string of the molecule is CCCCCCCCCCC[C@H]1C[C@H](O[Si](C)(C)C(C)(C)C)[C@H](CCCCCC)C1=O. The maximum atomic E-state index is 13.3. The van der Waals surface area contributed by atoms with Crippen LogP contribution in [0, 0.1) is 11.8 Å². The summed E-state index contributed by atoms with van der Waals surface area (Å²) >= 11 is 0. The fourth-order valence-corrected chi connectivity index (χ4v) is 6.18. The molecule has 1 saturated carbocycles. The molecular weight excluding hydrogens is 396 g/mol. The fraction of sp³-hybridized carbons (Fsp3) is 0.964. The Kier molecular flexibility index (Phi) is 13.9. The van der Waals surface area contributed by atoms with Gasteiger partial charge in [0.05, 0.1) is 6.10 Å². The lowest BCUT2D eigenvalue weighted by Gasteiger charge is -2.39. The molecule has 3 atom stereocenters. The van der Waals surface area contributed by atoms with Gasteiger partial charge in [-0.25, -0.2) is 0 Å². The highest BCUT2D eigenvalue weighted by Gasteiger charge is 2.47. The minimum atomic E-state index is -1.84. The first kappa shape index (κ1) is 28.9. The Bertz CT molecular complexity index is 480. The molecule has 0 amide bonds. The molecule has 0 radical (unpaired) electrons. The Morgan fingerprint density at radius 3 is 1.74 bits per heavy atom. The second-order valence-electron chi connectivity index (χ2n) is 11.8. The van der Waals surface area contributed by atoms with Crippen LogP contribution >= 0.6 is 0 Å². The summed E-state index contributed by atoms with van der Waals surface area (Å²) in [7, 11) is -1.84. The number of rotatable bonds is 17. The van der Waals surface area contributed by atoms with Crippen molar-refractivity contribution in [1.29, 1.82) is 0 Å². The van der Waals surface area contributed by atoms with Crippen molar-refractivity contribution >= 4 is 14.1 Å². The molecule has 31 heavy (non-hydrogen) atoms. The molecule has 0 aromatic heterocycles. The van der Waals surface area contributed by atoms with Gasteiger partial charge in [-0.3, -0.25) is 4.79 Å². The number of carbonyl (C=O) groups excluding carboxylic acids is 1. The van der Waals surface area contributed by atoms with Crippen molar-refractivity contribution in [2.24, 2.45) is 11.8 Å². The Labute approximate surface area is 196 Å². The Morgan fingerprint density at radius 1 is 0.774 bits per heavy atom. The van der Waals surface area contributed by atoms with E-state index >= 15 is 0 Å². The van der Waals surface area contributed by atoms with Crippen LogP contribution in [0.2, 0.25) is 18.1 Å². The van der Waals surface area contributed by atoms with E-state index in [2.05, 4.69) is 47.7 Å². The molecule has 1 rings (SSSR count). The predicted molar refractivity (Wildman–Crippen MR) is 139 cm³/mol. The topological polar surface area (TPSA) is 26.3 Å². The Hall–Kier alpha value is -0.153. The van der Waals surface area contributed by atoms with Gasteiger partial charge in [0.15, 0.2) is 8.32 Å². The van der Waals surface area contributed by atoms with E-state index in [4.69, 9.17) is 4.43 Å². The third-order valence-electron chi connectivity index (χ3n) is 8.01. The molecule has 0 aliphatic heterocycles. The Balaban J connectivity index is 2.51. The monoisotopic (exact) mass is 452 g/mol. The zero-order chi connectivity index (χ0) is 23.3. The summed E-state index contributed by atoms with van der Waals surface area (Å²) in [6, 6.07) is 0. The lowest BCUT2D eigenvalue weighted by molar-refractivity contribution is -0.125. The standard InChI is InChI=1S/C28H56O2Si/c1-8-10-12-14-15-16-17-18-19-21-24-23-26(30-31(6,7)28(3,4)5)25(27(24)29)22-20-13-11-9-2/h24-26H,8-23H2,1-7H3/t24-,25-,26-/m0/s1. The van der Waals surface area contributed by atoms with E-state index in [-0.39, 0.29) is 23.0 Å². The lowest BCUT2D eigenvalue weighted by Crippen LogP contribution is -2.45. The van der Waals surface area contributed by atoms with Gasteiger partial charge in [0.2, 0.25) is 0 Å². The van der Waals surface area contributed by atoms with Crippen LogP contribution in [0.5, 0.6) is 0 Å². The van der Waals surface area contributed by atoms with Crippen LogP contribution in [0.3, 0.4) is 0 Å². The van der Waals surface area contributed by atoms with Crippen LogP contribution in [0.4, 0.5) is 0 Å². The third-order valence-corrected chi connectivity index (χ3v) is 12.5. The zero-order valence-corrected chi connectivity index (χ0v) is 23.4. The number of unbranched alkanes of at least 4 members (excludes halogenated alkanes) is 11. The largest absolute Gasteiger partial charge is 0.413 e. The van der Waals surface area contributed by atoms with E-state index < -0.39 is 8.32 Å². The molecule has 0 spiro atoms. The summed E-state index contributed by atoms with van der Waals surface area (Å²) in [5.74, 6) is 0.963. The van der Waals surface area contributed by atoms with E-state index in [1.165, 1.54) is 83.5 Å². The van der Waals surface area contributed by atoms with Crippen LogP contribution in [0.25, 0.3) is 0 Å². The molecule has 0 heterocycles. The summed E-state index contributed by atoms with van der Waals surface area (Å²) in [5, 5.41) is 0.206. The molecule has 0 saturated heterocycles. The van der Waals surface area contributed by atoms with Crippen molar-refractivity contribution < 1.29 is 9.22 Å². The first-order valence-electron chi connectivity index (χ1n) is 13.9. The van der Waals surface area contributed by atoms with Crippen molar-refractivity contribution in [1.82, 2.24) is 0 Å². The van der Waals surface area contributed by atoms with E-state index in [1.54, 1.807) is 0 Å². The van der Waals surface area contributed by atoms with Crippen LogP contribution in [-0.2, 0) is 9.22 Å². The zero-order valence-electron chi connectivity index (χ0n) is 22.4. The lowest BCUT2D eigenvalue weighted by atomic mass is 9.93. The molecule has 0 aromatic carbocycles. The van der Waals surface area contributed by atoms with Gasteiger partial charge in [-0.05, 0) is 37.4 Å². The van der Waals surface area contributed by atoms with Gasteiger partial charge in [0.1, 0.15) is 5.78 Å². The molecule has 3 heteroatoms. The second-order valence-corrected chi connectivity index (χ2v) is 16.6. The number of hydrogen-bond acceptors (Lipinski definition) is 2. The first-order valence-corrected chi connectivity index (χ1v) is 16.8. The van der Waals surface area contributed by atoms with Crippen LogP contribution in [0.1, 0.15) is 137 Å². The summed E-state index contributed by atoms with van der Waals surface area (Å²) in [6.45, 7) is 16.2.